The Hall–Kier alpha value is -1.88. The minimum Gasteiger partial charge on any atom is -0.481 e. The summed E-state index contributed by atoms with van der Waals surface area (Å²) in [5, 5.41) is 9.36. The Morgan fingerprint density at radius 2 is 2.05 bits per heavy atom. The highest BCUT2D eigenvalue weighted by Crippen LogP contribution is 2.34. The van der Waals surface area contributed by atoms with Gasteiger partial charge < -0.3 is 15.7 Å². The molecular formula is C16H22N2O3. The van der Waals surface area contributed by atoms with E-state index in [1.165, 1.54) is 0 Å². The Morgan fingerprint density at radius 1 is 1.38 bits per heavy atom. The zero-order chi connectivity index (χ0) is 15.5. The first-order valence-corrected chi connectivity index (χ1v) is 7.30. The van der Waals surface area contributed by atoms with Gasteiger partial charge in [0.2, 0.25) is 5.91 Å². The predicted octanol–water partition coefficient (Wildman–Crippen LogP) is 1.79. The summed E-state index contributed by atoms with van der Waals surface area (Å²) in [6.07, 6.45) is 1.27. The van der Waals surface area contributed by atoms with E-state index in [2.05, 4.69) is 0 Å². The molecule has 5 heteroatoms. The average Bonchev–Trinajstić information content (AvgIpc) is 2.94. The Balaban J connectivity index is 1.98. The van der Waals surface area contributed by atoms with Gasteiger partial charge in [0.05, 0.1) is 5.41 Å². The largest absolute Gasteiger partial charge is 0.481 e. The van der Waals surface area contributed by atoms with E-state index in [9.17, 15) is 14.7 Å². The molecule has 1 fully saturated rings. The lowest BCUT2D eigenvalue weighted by Gasteiger charge is -2.24. The molecule has 3 N–H and O–H groups in total. The zero-order valence-electron chi connectivity index (χ0n) is 12.3. The fourth-order valence-corrected chi connectivity index (χ4v) is 2.83. The van der Waals surface area contributed by atoms with Crippen LogP contribution in [-0.4, -0.2) is 35.0 Å². The number of hydrogen-bond donors (Lipinski definition) is 2. The Labute approximate surface area is 124 Å². The molecule has 21 heavy (non-hydrogen) atoms. The summed E-state index contributed by atoms with van der Waals surface area (Å²) in [5.41, 5.74) is 6.20. The lowest BCUT2D eigenvalue weighted by atomic mass is 9.84. The number of nitrogens with two attached hydrogens (primary N) is 1. The van der Waals surface area contributed by atoms with Gasteiger partial charge in [-0.05, 0) is 18.4 Å². The first-order chi connectivity index (χ1) is 9.98. The van der Waals surface area contributed by atoms with Gasteiger partial charge in [0.25, 0.3) is 0 Å². The smallest absolute Gasteiger partial charge is 0.311 e. The van der Waals surface area contributed by atoms with Crippen LogP contribution in [0.25, 0.3) is 0 Å². The number of aliphatic carboxylic acids is 1. The number of carbonyl (C=O) groups excluding carboxylic acids is 1. The molecule has 0 saturated carbocycles. The maximum Gasteiger partial charge on any atom is 0.311 e. The summed E-state index contributed by atoms with van der Waals surface area (Å²) in [7, 11) is 0. The second-order valence-electron chi connectivity index (χ2n) is 5.73. The third kappa shape index (κ3) is 3.24. The number of carboxylic acids is 1. The van der Waals surface area contributed by atoms with Crippen LogP contribution in [0.3, 0.4) is 0 Å². The van der Waals surface area contributed by atoms with Crippen LogP contribution < -0.4 is 5.73 Å². The number of likely N-dealkylation sites (tertiary alicyclic amines) is 1. The first-order valence-electron chi connectivity index (χ1n) is 7.30. The maximum atomic E-state index is 12.3. The van der Waals surface area contributed by atoms with Gasteiger partial charge in [-0.25, -0.2) is 0 Å². The van der Waals surface area contributed by atoms with Crippen LogP contribution in [0.1, 0.15) is 37.8 Å². The topological polar surface area (TPSA) is 83.6 Å². The van der Waals surface area contributed by atoms with Crippen molar-refractivity contribution < 1.29 is 14.7 Å². The quantitative estimate of drug-likeness (QED) is 0.866. The number of benzene rings is 1. The molecule has 1 aliphatic heterocycles. The molecule has 1 aromatic carbocycles. The number of hydrogen-bond acceptors (Lipinski definition) is 3. The molecule has 2 atom stereocenters. The van der Waals surface area contributed by atoms with Gasteiger partial charge in [0.15, 0.2) is 0 Å². The van der Waals surface area contributed by atoms with Crippen molar-refractivity contribution in [3.63, 3.8) is 0 Å². The average molecular weight is 290 g/mol. The van der Waals surface area contributed by atoms with Crippen LogP contribution >= 0.6 is 0 Å². The van der Waals surface area contributed by atoms with Gasteiger partial charge in [-0.1, -0.05) is 37.3 Å². The van der Waals surface area contributed by atoms with E-state index in [1.807, 2.05) is 37.3 Å². The number of carbonyl (C=O) groups is 2. The molecule has 114 valence electrons. The van der Waals surface area contributed by atoms with Crippen molar-refractivity contribution >= 4 is 11.9 Å². The molecule has 0 spiro atoms. The zero-order valence-corrected chi connectivity index (χ0v) is 12.3. The summed E-state index contributed by atoms with van der Waals surface area (Å²) >= 11 is 0. The van der Waals surface area contributed by atoms with Gasteiger partial charge in [0.1, 0.15) is 0 Å². The number of rotatable bonds is 5. The summed E-state index contributed by atoms with van der Waals surface area (Å²) in [5.74, 6) is -0.879. The van der Waals surface area contributed by atoms with Gasteiger partial charge in [-0.2, -0.15) is 0 Å². The number of amides is 1. The molecule has 2 rings (SSSR count). The fourth-order valence-electron chi connectivity index (χ4n) is 2.83. The highest BCUT2D eigenvalue weighted by atomic mass is 16.4. The third-order valence-corrected chi connectivity index (χ3v) is 4.46. The summed E-state index contributed by atoms with van der Waals surface area (Å²) in [6.45, 7) is 2.65. The standard InChI is InChI=1S/C16H22N2O3/c1-2-16(15(20)21)8-9-18(11-16)14(19)10-13(17)12-6-4-3-5-7-12/h3-7,13H,2,8-11,17H2,1H3,(H,20,21). The van der Waals surface area contributed by atoms with Gasteiger partial charge in [-0.3, -0.25) is 9.59 Å². The molecule has 0 aromatic heterocycles. The van der Waals surface area contributed by atoms with Crippen LogP contribution in [0.4, 0.5) is 0 Å². The molecule has 0 bridgehead atoms. The highest BCUT2D eigenvalue weighted by Gasteiger charge is 2.44. The van der Waals surface area contributed by atoms with E-state index >= 15 is 0 Å². The van der Waals surface area contributed by atoms with E-state index in [-0.39, 0.29) is 18.4 Å². The van der Waals surface area contributed by atoms with Crippen molar-refractivity contribution in [2.45, 2.75) is 32.2 Å². The van der Waals surface area contributed by atoms with Crippen LogP contribution in [0, 0.1) is 5.41 Å². The molecule has 0 radical (unpaired) electrons. The number of nitrogens with zero attached hydrogens (tertiary/aromatic N) is 1. The summed E-state index contributed by atoms with van der Waals surface area (Å²) in [4.78, 5) is 25.4. The van der Waals surface area contributed by atoms with E-state index in [0.29, 0.717) is 25.9 Å². The van der Waals surface area contributed by atoms with Gasteiger partial charge in [0, 0.05) is 25.6 Å². The van der Waals surface area contributed by atoms with Crippen LogP contribution in [0.2, 0.25) is 0 Å². The molecular weight excluding hydrogens is 268 g/mol. The Kier molecular flexibility index (Phi) is 4.63. The van der Waals surface area contributed by atoms with E-state index in [0.717, 1.165) is 5.56 Å². The van der Waals surface area contributed by atoms with Crippen LogP contribution in [-0.2, 0) is 9.59 Å². The van der Waals surface area contributed by atoms with Crippen LogP contribution in [0.5, 0.6) is 0 Å². The fraction of sp³-hybridized carbons (Fsp3) is 0.500. The Bertz CT molecular complexity index is 518. The molecule has 1 aromatic rings. The first kappa shape index (κ1) is 15.5. The lowest BCUT2D eigenvalue weighted by molar-refractivity contribution is -0.148. The van der Waals surface area contributed by atoms with Crippen molar-refractivity contribution in [1.29, 1.82) is 0 Å². The van der Waals surface area contributed by atoms with Crippen molar-refractivity contribution in [3.8, 4) is 0 Å². The lowest BCUT2D eigenvalue weighted by Crippen LogP contribution is -2.37. The normalized spacial score (nSPS) is 23.0. The van der Waals surface area contributed by atoms with Gasteiger partial charge in [-0.15, -0.1) is 0 Å². The summed E-state index contributed by atoms with van der Waals surface area (Å²) in [6, 6.07) is 9.14. The number of carboxylic acid groups (broad SMARTS) is 1. The minimum atomic E-state index is -0.812. The molecule has 1 amide bonds. The van der Waals surface area contributed by atoms with Crippen molar-refractivity contribution in [1.82, 2.24) is 4.90 Å². The monoisotopic (exact) mass is 290 g/mol. The van der Waals surface area contributed by atoms with Crippen molar-refractivity contribution in [2.24, 2.45) is 11.1 Å². The van der Waals surface area contributed by atoms with E-state index in [4.69, 9.17) is 5.73 Å². The molecule has 0 aliphatic carbocycles. The Morgan fingerprint density at radius 3 is 2.57 bits per heavy atom. The molecule has 2 unspecified atom stereocenters. The van der Waals surface area contributed by atoms with E-state index in [1.54, 1.807) is 4.90 Å². The SMILES string of the molecule is CCC1(C(=O)O)CCN(C(=O)CC(N)c2ccccc2)C1. The second-order valence-corrected chi connectivity index (χ2v) is 5.73. The third-order valence-electron chi connectivity index (χ3n) is 4.46. The van der Waals surface area contributed by atoms with Gasteiger partial charge >= 0.3 is 5.97 Å². The maximum absolute atomic E-state index is 12.3. The molecule has 1 aliphatic rings. The van der Waals surface area contributed by atoms with E-state index < -0.39 is 11.4 Å². The molecule has 5 nitrogen and oxygen atoms in total. The second kappa shape index (κ2) is 6.26. The highest BCUT2D eigenvalue weighted by molar-refractivity contribution is 5.81. The van der Waals surface area contributed by atoms with Crippen LogP contribution in [0.15, 0.2) is 30.3 Å². The molecule has 1 saturated heterocycles. The van der Waals surface area contributed by atoms with Crippen molar-refractivity contribution in [3.05, 3.63) is 35.9 Å². The van der Waals surface area contributed by atoms with Crippen molar-refractivity contribution in [2.75, 3.05) is 13.1 Å². The molecule has 1 heterocycles. The summed E-state index contributed by atoms with van der Waals surface area (Å²) < 4.78 is 0. The minimum absolute atomic E-state index is 0.0667. The predicted molar refractivity (Wildman–Crippen MR) is 79.5 cm³/mol.